The molecule has 3 nitrogen and oxygen atoms in total. The third-order valence-corrected chi connectivity index (χ3v) is 4.16. The molecule has 1 saturated heterocycles. The number of rotatable bonds is 2. The van der Waals surface area contributed by atoms with Gasteiger partial charge in [0.25, 0.3) is 0 Å². The minimum atomic E-state index is 0.0481. The molecule has 1 aromatic carbocycles. The quantitative estimate of drug-likeness (QED) is 0.839. The number of hydrogen-bond acceptors (Lipinski definition) is 3. The zero-order valence-corrected chi connectivity index (χ0v) is 11.0. The molecule has 2 N–H and O–H groups in total. The number of nitrogens with one attached hydrogen (secondary N) is 2. The van der Waals surface area contributed by atoms with Gasteiger partial charge in [-0.05, 0) is 38.5 Å². The van der Waals surface area contributed by atoms with Crippen molar-refractivity contribution in [3.05, 3.63) is 29.8 Å². The van der Waals surface area contributed by atoms with E-state index in [1.165, 1.54) is 5.56 Å². The number of ether oxygens (including phenoxy) is 1. The number of piperidine rings is 1. The van der Waals surface area contributed by atoms with Gasteiger partial charge in [0.05, 0.1) is 0 Å². The van der Waals surface area contributed by atoms with Crippen LogP contribution in [0.1, 0.15) is 37.8 Å². The van der Waals surface area contributed by atoms with E-state index in [2.05, 4.69) is 41.8 Å². The summed E-state index contributed by atoms with van der Waals surface area (Å²) < 4.78 is 6.36. The van der Waals surface area contributed by atoms with Crippen LogP contribution in [-0.2, 0) is 0 Å². The smallest absolute Gasteiger partial charge is 0.124 e. The van der Waals surface area contributed by atoms with Gasteiger partial charge >= 0.3 is 0 Å². The van der Waals surface area contributed by atoms with E-state index in [0.717, 1.165) is 44.6 Å². The van der Waals surface area contributed by atoms with Crippen LogP contribution in [0.3, 0.4) is 0 Å². The van der Waals surface area contributed by atoms with E-state index >= 15 is 0 Å². The fourth-order valence-corrected chi connectivity index (χ4v) is 3.24. The Kier molecular flexibility index (Phi) is 3.27. The van der Waals surface area contributed by atoms with Gasteiger partial charge in [-0.15, -0.1) is 0 Å². The van der Waals surface area contributed by atoms with Crippen molar-refractivity contribution >= 4 is 0 Å². The summed E-state index contributed by atoms with van der Waals surface area (Å²) in [5.74, 6) is 1.08. The molecule has 0 aromatic heterocycles. The van der Waals surface area contributed by atoms with E-state index in [1.54, 1.807) is 0 Å². The Morgan fingerprint density at radius 1 is 1.33 bits per heavy atom. The molecule has 98 valence electrons. The number of fused-ring (bicyclic) bond motifs is 1. The minimum Gasteiger partial charge on any atom is -0.487 e. The Morgan fingerprint density at radius 2 is 2.11 bits per heavy atom. The van der Waals surface area contributed by atoms with Crippen LogP contribution in [0.15, 0.2) is 24.3 Å². The van der Waals surface area contributed by atoms with Crippen molar-refractivity contribution in [3.63, 3.8) is 0 Å². The lowest BCUT2D eigenvalue weighted by atomic mass is 9.81. The standard InChI is InChI=1S/C15H22N2O/c1-2-17-13-11-15(7-9-16-10-8-15)18-14-6-4-3-5-12(13)14/h3-6,13,16-17H,2,7-11H2,1H3. The maximum absolute atomic E-state index is 6.36. The molecule has 1 atom stereocenters. The topological polar surface area (TPSA) is 33.3 Å². The summed E-state index contributed by atoms with van der Waals surface area (Å²) in [6.07, 6.45) is 3.33. The monoisotopic (exact) mass is 246 g/mol. The molecule has 1 aromatic rings. The van der Waals surface area contributed by atoms with Crippen LogP contribution in [0.5, 0.6) is 5.75 Å². The second-order valence-electron chi connectivity index (χ2n) is 5.39. The van der Waals surface area contributed by atoms with E-state index in [-0.39, 0.29) is 5.60 Å². The van der Waals surface area contributed by atoms with Gasteiger partial charge in [0.1, 0.15) is 11.4 Å². The highest BCUT2D eigenvalue weighted by Gasteiger charge is 2.41. The highest BCUT2D eigenvalue weighted by Crippen LogP contribution is 2.43. The summed E-state index contributed by atoms with van der Waals surface area (Å²) in [5, 5.41) is 7.04. The molecule has 0 amide bonds. The second-order valence-corrected chi connectivity index (χ2v) is 5.39. The van der Waals surface area contributed by atoms with E-state index < -0.39 is 0 Å². The summed E-state index contributed by atoms with van der Waals surface area (Å²) in [6, 6.07) is 8.92. The third-order valence-electron chi connectivity index (χ3n) is 4.16. The highest BCUT2D eigenvalue weighted by atomic mass is 16.5. The lowest BCUT2D eigenvalue weighted by Crippen LogP contribution is -2.50. The first kappa shape index (κ1) is 12.0. The van der Waals surface area contributed by atoms with Crippen molar-refractivity contribution in [2.75, 3.05) is 19.6 Å². The Morgan fingerprint density at radius 3 is 2.89 bits per heavy atom. The lowest BCUT2D eigenvalue weighted by Gasteiger charge is -2.44. The molecular formula is C15H22N2O. The van der Waals surface area contributed by atoms with Gasteiger partial charge in [0, 0.05) is 18.0 Å². The molecule has 3 rings (SSSR count). The van der Waals surface area contributed by atoms with Gasteiger partial charge in [-0.25, -0.2) is 0 Å². The van der Waals surface area contributed by atoms with Crippen LogP contribution in [0.4, 0.5) is 0 Å². The average Bonchev–Trinajstić information content (AvgIpc) is 2.40. The minimum absolute atomic E-state index is 0.0481. The van der Waals surface area contributed by atoms with Crippen molar-refractivity contribution in [2.45, 2.75) is 37.8 Å². The molecule has 0 bridgehead atoms. The predicted octanol–water partition coefficient (Wildman–Crippen LogP) is 2.24. The summed E-state index contributed by atoms with van der Waals surface area (Å²) >= 11 is 0. The van der Waals surface area contributed by atoms with Crippen LogP contribution >= 0.6 is 0 Å². The number of hydrogen-bond donors (Lipinski definition) is 2. The van der Waals surface area contributed by atoms with E-state index in [4.69, 9.17) is 4.74 Å². The van der Waals surface area contributed by atoms with Gasteiger partial charge in [0.15, 0.2) is 0 Å². The van der Waals surface area contributed by atoms with Gasteiger partial charge in [-0.2, -0.15) is 0 Å². The molecule has 18 heavy (non-hydrogen) atoms. The molecule has 0 saturated carbocycles. The van der Waals surface area contributed by atoms with Crippen molar-refractivity contribution in [2.24, 2.45) is 0 Å². The molecule has 1 unspecified atom stereocenters. The first-order chi connectivity index (χ1) is 8.83. The first-order valence-corrected chi connectivity index (χ1v) is 7.05. The normalized spacial score (nSPS) is 25.5. The SMILES string of the molecule is CCNC1CC2(CCNCC2)Oc2ccccc21. The number of para-hydroxylation sites is 1. The largest absolute Gasteiger partial charge is 0.487 e. The van der Waals surface area contributed by atoms with Crippen LogP contribution in [0.2, 0.25) is 0 Å². The first-order valence-electron chi connectivity index (χ1n) is 7.05. The van der Waals surface area contributed by atoms with Crippen molar-refractivity contribution in [1.82, 2.24) is 10.6 Å². The average molecular weight is 246 g/mol. The Hall–Kier alpha value is -1.06. The number of benzene rings is 1. The maximum Gasteiger partial charge on any atom is 0.124 e. The third kappa shape index (κ3) is 2.13. The zero-order valence-electron chi connectivity index (χ0n) is 11.0. The highest BCUT2D eigenvalue weighted by molar-refractivity contribution is 5.39. The van der Waals surface area contributed by atoms with Gasteiger partial charge in [0.2, 0.25) is 0 Å². The molecule has 2 aliphatic rings. The molecule has 3 heteroatoms. The molecule has 0 aliphatic carbocycles. The van der Waals surface area contributed by atoms with Crippen molar-refractivity contribution in [3.8, 4) is 5.75 Å². The van der Waals surface area contributed by atoms with Crippen LogP contribution < -0.4 is 15.4 Å². The molecule has 1 fully saturated rings. The second kappa shape index (κ2) is 4.90. The molecule has 2 heterocycles. The summed E-state index contributed by atoms with van der Waals surface area (Å²) in [4.78, 5) is 0. The molecule has 2 aliphatic heterocycles. The maximum atomic E-state index is 6.36. The molecular weight excluding hydrogens is 224 g/mol. The lowest BCUT2D eigenvalue weighted by molar-refractivity contribution is 0.00341. The van der Waals surface area contributed by atoms with E-state index in [0.29, 0.717) is 6.04 Å². The summed E-state index contributed by atoms with van der Waals surface area (Å²) in [5.41, 5.74) is 1.37. The van der Waals surface area contributed by atoms with Crippen LogP contribution in [0, 0.1) is 0 Å². The fraction of sp³-hybridized carbons (Fsp3) is 0.600. The van der Waals surface area contributed by atoms with Crippen LogP contribution in [0.25, 0.3) is 0 Å². The van der Waals surface area contributed by atoms with Crippen LogP contribution in [-0.4, -0.2) is 25.2 Å². The summed E-state index contributed by atoms with van der Waals surface area (Å²) in [7, 11) is 0. The predicted molar refractivity (Wildman–Crippen MR) is 72.9 cm³/mol. The van der Waals surface area contributed by atoms with Crippen molar-refractivity contribution in [1.29, 1.82) is 0 Å². The fourth-order valence-electron chi connectivity index (χ4n) is 3.24. The molecule has 0 radical (unpaired) electrons. The van der Waals surface area contributed by atoms with Crippen molar-refractivity contribution < 1.29 is 4.74 Å². The van der Waals surface area contributed by atoms with Gasteiger partial charge < -0.3 is 15.4 Å². The van der Waals surface area contributed by atoms with Gasteiger partial charge in [-0.1, -0.05) is 25.1 Å². The Bertz CT molecular complexity index is 413. The Labute approximate surface area is 109 Å². The summed E-state index contributed by atoms with van der Waals surface area (Å²) in [6.45, 7) is 5.32. The Balaban J connectivity index is 1.91. The zero-order chi connectivity index (χ0) is 12.4. The molecule has 1 spiro atoms. The van der Waals surface area contributed by atoms with E-state index in [1.807, 2.05) is 0 Å². The van der Waals surface area contributed by atoms with E-state index in [9.17, 15) is 0 Å². The van der Waals surface area contributed by atoms with Gasteiger partial charge in [-0.3, -0.25) is 0 Å².